The molecule has 0 bridgehead atoms. The van der Waals surface area contributed by atoms with Crippen LogP contribution < -0.4 is 0 Å². The number of halogens is 1. The van der Waals surface area contributed by atoms with Crippen LogP contribution >= 0.6 is 27.3 Å². The summed E-state index contributed by atoms with van der Waals surface area (Å²) in [5.41, 5.74) is 0. The molecule has 0 atom stereocenters. The van der Waals surface area contributed by atoms with Gasteiger partial charge in [0.05, 0.1) is 3.79 Å². The Morgan fingerprint density at radius 3 is 2.60 bits per heavy atom. The number of unbranched alkanes of at least 4 members (excludes halogenated alkanes) is 1. The summed E-state index contributed by atoms with van der Waals surface area (Å²) in [6.07, 6.45) is 3.80. The maximum Gasteiger partial charge on any atom is 0.0701 e. The first-order valence-electron chi connectivity index (χ1n) is 5.72. The third-order valence-electron chi connectivity index (χ3n) is 2.58. The molecule has 1 nitrogen and oxygen atoms in total. The van der Waals surface area contributed by atoms with Gasteiger partial charge in [0.1, 0.15) is 0 Å². The molecule has 3 heteroatoms. The van der Waals surface area contributed by atoms with Crippen LogP contribution in [0.4, 0.5) is 0 Å². The minimum Gasteiger partial charge on any atom is -0.303 e. The summed E-state index contributed by atoms with van der Waals surface area (Å²) in [4.78, 5) is 4.02. The average Bonchev–Trinajstić information content (AvgIpc) is 2.65. The second-order valence-corrected chi connectivity index (χ2v) is 6.29. The van der Waals surface area contributed by atoms with Crippen LogP contribution in [0, 0.1) is 0 Å². The predicted octanol–water partition coefficient (Wildman–Crippen LogP) is 4.18. The van der Waals surface area contributed by atoms with Crippen LogP contribution in [0.15, 0.2) is 15.9 Å². The van der Waals surface area contributed by atoms with Crippen molar-refractivity contribution in [3.05, 3.63) is 20.8 Å². The summed E-state index contributed by atoms with van der Waals surface area (Å²) in [5, 5.41) is 0. The molecule has 0 radical (unpaired) electrons. The van der Waals surface area contributed by atoms with Gasteiger partial charge in [-0.3, -0.25) is 0 Å². The zero-order valence-corrected chi connectivity index (χ0v) is 12.0. The van der Waals surface area contributed by atoms with Gasteiger partial charge in [-0.2, -0.15) is 0 Å². The third kappa shape index (κ3) is 5.14. The molecule has 1 aromatic rings. The van der Waals surface area contributed by atoms with E-state index < -0.39 is 0 Å². The number of likely N-dealkylation sites (N-methyl/N-ethyl adjacent to an activating group) is 1. The summed E-state index contributed by atoms with van der Waals surface area (Å²) in [7, 11) is 0. The van der Waals surface area contributed by atoms with Gasteiger partial charge >= 0.3 is 0 Å². The van der Waals surface area contributed by atoms with Crippen molar-refractivity contribution in [3.63, 3.8) is 0 Å². The third-order valence-corrected chi connectivity index (χ3v) is 4.26. The number of hydrogen-bond donors (Lipinski definition) is 0. The fraction of sp³-hybridized carbons (Fsp3) is 0.667. The van der Waals surface area contributed by atoms with E-state index in [1.165, 1.54) is 47.6 Å². The van der Waals surface area contributed by atoms with Crippen molar-refractivity contribution in [2.45, 2.75) is 33.1 Å². The highest BCUT2D eigenvalue weighted by Gasteiger charge is 2.03. The van der Waals surface area contributed by atoms with Gasteiger partial charge in [-0.1, -0.05) is 20.3 Å². The zero-order valence-electron chi connectivity index (χ0n) is 9.63. The van der Waals surface area contributed by atoms with Crippen molar-refractivity contribution in [2.24, 2.45) is 0 Å². The molecular weight excluding hydrogens is 270 g/mol. The molecule has 0 N–H and O–H groups in total. The molecule has 1 rings (SSSR count). The number of nitrogens with zero attached hydrogens (tertiary/aromatic N) is 1. The molecule has 0 fully saturated rings. The van der Waals surface area contributed by atoms with Gasteiger partial charge in [-0.25, -0.2) is 0 Å². The van der Waals surface area contributed by atoms with Crippen LogP contribution in [-0.2, 0) is 6.42 Å². The monoisotopic (exact) mass is 289 g/mol. The highest BCUT2D eigenvalue weighted by Crippen LogP contribution is 2.22. The minimum absolute atomic E-state index is 1.17. The molecule has 0 amide bonds. The first kappa shape index (κ1) is 13.2. The van der Waals surface area contributed by atoms with Crippen LogP contribution in [0.5, 0.6) is 0 Å². The lowest BCUT2D eigenvalue weighted by atomic mass is 10.3. The maximum atomic E-state index is 3.50. The van der Waals surface area contributed by atoms with E-state index in [-0.39, 0.29) is 0 Å². The summed E-state index contributed by atoms with van der Waals surface area (Å²) >= 11 is 5.36. The highest BCUT2D eigenvalue weighted by molar-refractivity contribution is 9.11. The van der Waals surface area contributed by atoms with Crippen LogP contribution in [0.2, 0.25) is 0 Å². The molecule has 0 aliphatic heterocycles. The van der Waals surface area contributed by atoms with Crippen molar-refractivity contribution in [1.29, 1.82) is 0 Å². The van der Waals surface area contributed by atoms with Crippen molar-refractivity contribution >= 4 is 27.3 Å². The first-order chi connectivity index (χ1) is 7.26. The summed E-state index contributed by atoms with van der Waals surface area (Å²) in [6, 6.07) is 4.37. The predicted molar refractivity (Wildman–Crippen MR) is 72.7 cm³/mol. The largest absolute Gasteiger partial charge is 0.303 e. The smallest absolute Gasteiger partial charge is 0.0701 e. The maximum absolute atomic E-state index is 3.50. The summed E-state index contributed by atoms with van der Waals surface area (Å²) in [5.74, 6) is 0. The van der Waals surface area contributed by atoms with E-state index in [1.54, 1.807) is 0 Å². The van der Waals surface area contributed by atoms with E-state index in [4.69, 9.17) is 0 Å². The summed E-state index contributed by atoms with van der Waals surface area (Å²) in [6.45, 7) is 8.12. The molecule has 0 unspecified atom stereocenters. The van der Waals surface area contributed by atoms with E-state index in [1.807, 2.05) is 11.3 Å². The average molecular weight is 290 g/mol. The number of rotatable bonds is 7. The normalized spacial score (nSPS) is 11.2. The van der Waals surface area contributed by atoms with E-state index in [0.29, 0.717) is 0 Å². The Morgan fingerprint density at radius 1 is 1.27 bits per heavy atom. The molecule has 0 spiro atoms. The van der Waals surface area contributed by atoms with E-state index in [0.717, 1.165) is 0 Å². The van der Waals surface area contributed by atoms with Gasteiger partial charge in [0.15, 0.2) is 0 Å². The van der Waals surface area contributed by atoms with Gasteiger partial charge in [0.25, 0.3) is 0 Å². The standard InChI is InChI=1S/C12H20BrNS/c1-3-5-9-14(4-2)10-8-11-6-7-12(13)15-11/h6-7H,3-5,8-10H2,1-2H3. The zero-order chi connectivity index (χ0) is 11.1. The van der Waals surface area contributed by atoms with E-state index >= 15 is 0 Å². The lowest BCUT2D eigenvalue weighted by Crippen LogP contribution is -2.26. The molecule has 0 aliphatic carbocycles. The van der Waals surface area contributed by atoms with Gasteiger partial charge in [0.2, 0.25) is 0 Å². The lowest BCUT2D eigenvalue weighted by Gasteiger charge is -2.19. The molecule has 86 valence electrons. The highest BCUT2D eigenvalue weighted by atomic mass is 79.9. The molecule has 0 aromatic carbocycles. The van der Waals surface area contributed by atoms with Crippen molar-refractivity contribution in [2.75, 3.05) is 19.6 Å². The van der Waals surface area contributed by atoms with Crippen LogP contribution in [-0.4, -0.2) is 24.5 Å². The van der Waals surface area contributed by atoms with Gasteiger partial charge in [0, 0.05) is 11.4 Å². The van der Waals surface area contributed by atoms with E-state index in [9.17, 15) is 0 Å². The molecule has 1 heterocycles. The van der Waals surface area contributed by atoms with Gasteiger partial charge in [-0.15, -0.1) is 11.3 Å². The fourth-order valence-electron chi connectivity index (χ4n) is 1.56. The van der Waals surface area contributed by atoms with Gasteiger partial charge < -0.3 is 4.90 Å². The number of thiophene rings is 1. The minimum atomic E-state index is 1.17. The first-order valence-corrected chi connectivity index (χ1v) is 7.33. The van der Waals surface area contributed by atoms with Crippen molar-refractivity contribution in [1.82, 2.24) is 4.90 Å². The quantitative estimate of drug-likeness (QED) is 0.728. The topological polar surface area (TPSA) is 3.24 Å². The molecule has 1 aromatic heterocycles. The lowest BCUT2D eigenvalue weighted by molar-refractivity contribution is 0.287. The van der Waals surface area contributed by atoms with Crippen LogP contribution in [0.25, 0.3) is 0 Å². The molecule has 0 saturated heterocycles. The Hall–Kier alpha value is 0.140. The Morgan fingerprint density at radius 2 is 2.07 bits per heavy atom. The Labute approximate surface area is 106 Å². The SMILES string of the molecule is CCCCN(CC)CCc1ccc(Br)s1. The fourth-order valence-corrected chi connectivity index (χ4v) is 3.04. The van der Waals surface area contributed by atoms with E-state index in [2.05, 4.69) is 46.8 Å². The Balaban J connectivity index is 2.27. The Bertz CT molecular complexity index is 272. The Kier molecular flexibility index (Phi) is 6.53. The molecule has 15 heavy (non-hydrogen) atoms. The van der Waals surface area contributed by atoms with Crippen LogP contribution in [0.3, 0.4) is 0 Å². The van der Waals surface area contributed by atoms with Gasteiger partial charge in [-0.05, 0) is 54.0 Å². The molecule has 0 saturated carbocycles. The molecular formula is C12H20BrNS. The molecule has 0 aliphatic rings. The second-order valence-electron chi connectivity index (χ2n) is 3.74. The number of hydrogen-bond acceptors (Lipinski definition) is 2. The van der Waals surface area contributed by atoms with Crippen LogP contribution in [0.1, 0.15) is 31.6 Å². The van der Waals surface area contributed by atoms with Crippen molar-refractivity contribution < 1.29 is 0 Å². The summed E-state index contributed by atoms with van der Waals surface area (Å²) < 4.78 is 1.24. The second kappa shape index (κ2) is 7.42. The van der Waals surface area contributed by atoms with Crippen molar-refractivity contribution in [3.8, 4) is 0 Å².